The second kappa shape index (κ2) is 5.17. The fourth-order valence-corrected chi connectivity index (χ4v) is 1.88. The van der Waals surface area contributed by atoms with Crippen LogP contribution in [0, 0.1) is 0 Å². The van der Waals surface area contributed by atoms with Crippen molar-refractivity contribution in [2.45, 2.75) is 0 Å². The number of hydrogen-bond donors (Lipinski definition) is 6. The number of carbonyl (C=O) groups excluding carboxylic acids is 2. The maximum absolute atomic E-state index is 12.3. The van der Waals surface area contributed by atoms with E-state index in [2.05, 4.69) is 0 Å². The molecule has 114 valence electrons. The highest BCUT2D eigenvalue weighted by molar-refractivity contribution is 6.15. The van der Waals surface area contributed by atoms with Gasteiger partial charge in [0.1, 0.15) is 0 Å². The number of carbonyl (C=O) groups is 2. The lowest BCUT2D eigenvalue weighted by atomic mass is 9.96. The van der Waals surface area contributed by atoms with E-state index < -0.39 is 51.4 Å². The zero-order valence-electron chi connectivity index (χ0n) is 10.8. The van der Waals surface area contributed by atoms with E-state index in [0.29, 0.717) is 0 Å². The Morgan fingerprint density at radius 2 is 1.27 bits per heavy atom. The molecular weight excluding hydrogens is 296 g/mol. The molecule has 6 N–H and O–H groups in total. The first kappa shape index (κ1) is 15.0. The Bertz CT molecular complexity index is 771. The van der Waals surface area contributed by atoms with E-state index >= 15 is 0 Å². The average Bonchev–Trinajstić information content (AvgIpc) is 2.48. The summed E-state index contributed by atoms with van der Waals surface area (Å²) in [4.78, 5) is 23.3. The van der Waals surface area contributed by atoms with Gasteiger partial charge in [-0.2, -0.15) is 0 Å². The van der Waals surface area contributed by atoms with Gasteiger partial charge in [0, 0.05) is 11.1 Å². The van der Waals surface area contributed by atoms with Crippen LogP contribution >= 0.6 is 0 Å². The lowest BCUT2D eigenvalue weighted by Crippen LogP contribution is -2.06. The summed E-state index contributed by atoms with van der Waals surface area (Å²) in [6, 6.07) is 2.38. The maximum Gasteiger partial charge on any atom is 0.201 e. The van der Waals surface area contributed by atoms with Gasteiger partial charge >= 0.3 is 0 Å². The number of phenolic OH excluding ortho intramolecular Hbond substituents is 6. The van der Waals surface area contributed by atoms with Gasteiger partial charge < -0.3 is 30.6 Å². The van der Waals surface area contributed by atoms with Crippen molar-refractivity contribution in [3.05, 3.63) is 34.9 Å². The van der Waals surface area contributed by atoms with E-state index in [1.165, 1.54) is 0 Å². The molecule has 22 heavy (non-hydrogen) atoms. The van der Waals surface area contributed by atoms with Crippen LogP contribution < -0.4 is 0 Å². The molecule has 0 saturated heterocycles. The van der Waals surface area contributed by atoms with E-state index in [9.17, 15) is 40.2 Å². The summed E-state index contributed by atoms with van der Waals surface area (Å²) in [5, 5.41) is 56.5. The molecule has 0 unspecified atom stereocenters. The maximum atomic E-state index is 12.3. The zero-order chi connectivity index (χ0) is 16.6. The minimum atomic E-state index is -1.03. The Balaban J connectivity index is 2.69. The molecule has 8 nitrogen and oxygen atoms in total. The summed E-state index contributed by atoms with van der Waals surface area (Å²) in [5.74, 6) is -6.28. The Hall–Kier alpha value is -3.42. The molecule has 0 aromatic heterocycles. The van der Waals surface area contributed by atoms with Crippen molar-refractivity contribution in [2.75, 3.05) is 0 Å². The van der Waals surface area contributed by atoms with E-state index in [4.69, 9.17) is 0 Å². The van der Waals surface area contributed by atoms with Crippen LogP contribution in [-0.2, 0) is 0 Å². The van der Waals surface area contributed by atoms with Gasteiger partial charge in [0.2, 0.25) is 5.75 Å². The van der Waals surface area contributed by atoms with Crippen molar-refractivity contribution in [1.29, 1.82) is 0 Å². The summed E-state index contributed by atoms with van der Waals surface area (Å²) < 4.78 is 0. The molecule has 0 atom stereocenters. The van der Waals surface area contributed by atoms with Crippen LogP contribution in [0.15, 0.2) is 18.2 Å². The predicted octanol–water partition coefficient (Wildman–Crippen LogP) is 0.964. The normalized spacial score (nSPS) is 10.4. The molecule has 0 spiro atoms. The quantitative estimate of drug-likeness (QED) is 0.278. The van der Waals surface area contributed by atoms with Crippen molar-refractivity contribution < 1.29 is 40.2 Å². The van der Waals surface area contributed by atoms with Crippen molar-refractivity contribution in [3.63, 3.8) is 0 Å². The lowest BCUT2D eigenvalue weighted by Gasteiger charge is -2.11. The van der Waals surface area contributed by atoms with Crippen LogP contribution in [-0.4, -0.2) is 42.7 Å². The molecule has 2 aromatic rings. The van der Waals surface area contributed by atoms with Gasteiger partial charge in [-0.1, -0.05) is 0 Å². The Labute approximate surface area is 122 Å². The zero-order valence-corrected chi connectivity index (χ0v) is 10.8. The third-order valence-corrected chi connectivity index (χ3v) is 2.97. The SMILES string of the molecule is O=Cc1cc(O)c(O)c(O)c1C(=O)c1cc(O)c(O)c(O)c1. The highest BCUT2D eigenvalue weighted by Crippen LogP contribution is 2.41. The van der Waals surface area contributed by atoms with Crippen LogP contribution in [0.2, 0.25) is 0 Å². The lowest BCUT2D eigenvalue weighted by molar-refractivity contribution is 0.102. The molecule has 0 saturated carbocycles. The van der Waals surface area contributed by atoms with Gasteiger partial charge in [-0.15, -0.1) is 0 Å². The molecule has 0 bridgehead atoms. The Morgan fingerprint density at radius 1 is 0.773 bits per heavy atom. The number of aldehydes is 1. The van der Waals surface area contributed by atoms with Crippen LogP contribution in [0.3, 0.4) is 0 Å². The van der Waals surface area contributed by atoms with E-state index in [-0.39, 0.29) is 11.8 Å². The Morgan fingerprint density at radius 3 is 1.77 bits per heavy atom. The molecule has 0 heterocycles. The highest BCUT2D eigenvalue weighted by Gasteiger charge is 2.25. The number of ketones is 1. The van der Waals surface area contributed by atoms with Gasteiger partial charge in [0.15, 0.2) is 40.8 Å². The van der Waals surface area contributed by atoms with E-state index in [0.717, 1.165) is 18.2 Å². The largest absolute Gasteiger partial charge is 0.504 e. The monoisotopic (exact) mass is 306 g/mol. The van der Waals surface area contributed by atoms with Crippen LogP contribution in [0.4, 0.5) is 0 Å². The van der Waals surface area contributed by atoms with Crippen LogP contribution in [0.1, 0.15) is 26.3 Å². The van der Waals surface area contributed by atoms with Gasteiger partial charge in [-0.25, -0.2) is 0 Å². The first-order valence-electron chi connectivity index (χ1n) is 5.80. The van der Waals surface area contributed by atoms with Gasteiger partial charge in [0.05, 0.1) is 5.56 Å². The molecule has 8 heteroatoms. The molecular formula is C14H10O8. The summed E-state index contributed by atoms with van der Waals surface area (Å²) >= 11 is 0. The molecule has 0 radical (unpaired) electrons. The van der Waals surface area contributed by atoms with Gasteiger partial charge in [-0.3, -0.25) is 9.59 Å². The Kier molecular flexibility index (Phi) is 3.52. The number of rotatable bonds is 3. The van der Waals surface area contributed by atoms with E-state index in [1.54, 1.807) is 0 Å². The minimum absolute atomic E-state index is 0.173. The fraction of sp³-hybridized carbons (Fsp3) is 0. The number of phenols is 6. The van der Waals surface area contributed by atoms with E-state index in [1.807, 2.05) is 0 Å². The van der Waals surface area contributed by atoms with Crippen molar-refractivity contribution in [3.8, 4) is 34.5 Å². The second-order valence-electron chi connectivity index (χ2n) is 4.37. The minimum Gasteiger partial charge on any atom is -0.504 e. The first-order valence-corrected chi connectivity index (χ1v) is 5.80. The molecule has 2 rings (SSSR count). The summed E-state index contributed by atoms with van der Waals surface area (Å²) in [7, 11) is 0. The first-order chi connectivity index (χ1) is 10.3. The van der Waals surface area contributed by atoms with Crippen LogP contribution in [0.5, 0.6) is 34.5 Å². The van der Waals surface area contributed by atoms with Crippen LogP contribution in [0.25, 0.3) is 0 Å². The van der Waals surface area contributed by atoms with Crippen molar-refractivity contribution in [1.82, 2.24) is 0 Å². The fourth-order valence-electron chi connectivity index (χ4n) is 1.88. The molecule has 0 aliphatic carbocycles. The molecule has 0 aliphatic rings. The number of hydrogen-bond acceptors (Lipinski definition) is 8. The molecule has 0 aliphatic heterocycles. The predicted molar refractivity (Wildman–Crippen MR) is 71.7 cm³/mol. The third-order valence-electron chi connectivity index (χ3n) is 2.97. The number of aromatic hydroxyl groups is 6. The standard InChI is InChI=1S/C14H10O8/c15-4-6-3-9(18)13(21)14(22)10(6)11(19)5-1-7(16)12(20)8(17)2-5/h1-4,16-18,20-22H. The van der Waals surface area contributed by atoms with Crippen molar-refractivity contribution >= 4 is 12.1 Å². The third kappa shape index (κ3) is 2.22. The van der Waals surface area contributed by atoms with Crippen molar-refractivity contribution in [2.24, 2.45) is 0 Å². The van der Waals surface area contributed by atoms with Gasteiger partial charge in [0.25, 0.3) is 0 Å². The summed E-state index contributed by atoms with van der Waals surface area (Å²) in [6.45, 7) is 0. The topological polar surface area (TPSA) is 156 Å². The summed E-state index contributed by atoms with van der Waals surface area (Å²) in [5.41, 5.74) is -1.41. The number of benzene rings is 2. The highest BCUT2D eigenvalue weighted by atomic mass is 16.3. The van der Waals surface area contributed by atoms with Gasteiger partial charge in [-0.05, 0) is 18.2 Å². The molecule has 2 aromatic carbocycles. The summed E-state index contributed by atoms with van der Waals surface area (Å²) in [6.07, 6.45) is 0.173. The molecule has 0 amide bonds. The smallest absolute Gasteiger partial charge is 0.201 e. The molecule has 0 fully saturated rings. The second-order valence-corrected chi connectivity index (χ2v) is 4.37. The average molecular weight is 306 g/mol.